The quantitative estimate of drug-likeness (QED) is 0.806. The van der Waals surface area contributed by atoms with Crippen LogP contribution in [0.3, 0.4) is 0 Å². The highest BCUT2D eigenvalue weighted by atomic mass is 32.2. The smallest absolute Gasteiger partial charge is 0.216 e. The zero-order chi connectivity index (χ0) is 13.9. The molecular weight excluding hydrogens is 264 g/mol. The molecule has 0 saturated carbocycles. The van der Waals surface area contributed by atoms with Crippen molar-refractivity contribution in [2.45, 2.75) is 50.8 Å². The van der Waals surface area contributed by atoms with Gasteiger partial charge in [0.15, 0.2) is 0 Å². The molecule has 0 aromatic heterocycles. The van der Waals surface area contributed by atoms with Gasteiger partial charge in [0.05, 0.1) is 11.9 Å². The van der Waals surface area contributed by atoms with E-state index in [1.807, 2.05) is 0 Å². The van der Waals surface area contributed by atoms with E-state index in [0.717, 1.165) is 25.8 Å². The Morgan fingerprint density at radius 2 is 2.16 bits per heavy atom. The number of hydrogen-bond acceptors (Lipinski definition) is 4. The monoisotopic (exact) mass is 290 g/mol. The summed E-state index contributed by atoms with van der Waals surface area (Å²) in [5.74, 6) is 0. The van der Waals surface area contributed by atoms with Crippen molar-refractivity contribution in [1.82, 2.24) is 10.0 Å². The van der Waals surface area contributed by atoms with Gasteiger partial charge < -0.3 is 10.1 Å². The lowest BCUT2D eigenvalue weighted by Gasteiger charge is -2.39. The predicted octanol–water partition coefficient (Wildman–Crippen LogP) is 0.863. The van der Waals surface area contributed by atoms with Gasteiger partial charge in [-0.05, 0) is 37.6 Å². The lowest BCUT2D eigenvalue weighted by molar-refractivity contribution is 0.0986. The maximum Gasteiger partial charge on any atom is 0.216 e. The molecule has 0 bridgehead atoms. The average Bonchev–Trinajstić information content (AvgIpc) is 2.38. The van der Waals surface area contributed by atoms with Crippen LogP contribution >= 0.6 is 0 Å². The van der Waals surface area contributed by atoms with Gasteiger partial charge in [0.2, 0.25) is 10.0 Å². The van der Waals surface area contributed by atoms with Gasteiger partial charge in [0.1, 0.15) is 0 Å². The van der Waals surface area contributed by atoms with Crippen molar-refractivity contribution in [2.24, 2.45) is 5.41 Å². The van der Waals surface area contributed by atoms with Gasteiger partial charge in [-0.2, -0.15) is 0 Å². The van der Waals surface area contributed by atoms with Crippen LogP contribution in [0.4, 0.5) is 0 Å². The Morgan fingerprint density at radius 1 is 1.37 bits per heavy atom. The molecule has 2 aliphatic heterocycles. The summed E-state index contributed by atoms with van der Waals surface area (Å²) in [5, 5.41) is 3.05. The van der Waals surface area contributed by atoms with Crippen molar-refractivity contribution in [3.8, 4) is 0 Å². The van der Waals surface area contributed by atoms with E-state index in [2.05, 4.69) is 23.9 Å². The van der Waals surface area contributed by atoms with Crippen molar-refractivity contribution in [3.63, 3.8) is 0 Å². The fourth-order valence-corrected chi connectivity index (χ4v) is 4.28. The van der Waals surface area contributed by atoms with Crippen molar-refractivity contribution in [1.29, 1.82) is 0 Å². The van der Waals surface area contributed by atoms with Gasteiger partial charge in [-0.15, -0.1) is 0 Å². The first kappa shape index (κ1) is 15.2. The second-order valence-electron chi connectivity index (χ2n) is 6.33. The van der Waals surface area contributed by atoms with E-state index in [0.29, 0.717) is 26.2 Å². The van der Waals surface area contributed by atoms with Gasteiger partial charge in [-0.3, -0.25) is 0 Å². The zero-order valence-corrected chi connectivity index (χ0v) is 12.8. The summed E-state index contributed by atoms with van der Waals surface area (Å²) < 4.78 is 32.5. The molecule has 2 heterocycles. The van der Waals surface area contributed by atoms with E-state index in [-0.39, 0.29) is 16.7 Å². The molecule has 19 heavy (non-hydrogen) atoms. The Balaban J connectivity index is 1.89. The minimum Gasteiger partial charge on any atom is -0.380 e. The normalized spacial score (nSPS) is 32.1. The van der Waals surface area contributed by atoms with Crippen molar-refractivity contribution >= 4 is 10.0 Å². The maximum absolute atomic E-state index is 12.2. The van der Waals surface area contributed by atoms with Gasteiger partial charge in [-0.1, -0.05) is 13.8 Å². The van der Waals surface area contributed by atoms with Crippen molar-refractivity contribution < 1.29 is 13.2 Å². The van der Waals surface area contributed by atoms with Crippen LogP contribution in [-0.2, 0) is 14.8 Å². The molecule has 2 atom stereocenters. The minimum atomic E-state index is -3.25. The Hall–Kier alpha value is -0.170. The third-order valence-electron chi connectivity index (χ3n) is 4.38. The van der Waals surface area contributed by atoms with Gasteiger partial charge in [0.25, 0.3) is 0 Å². The second-order valence-corrected chi connectivity index (χ2v) is 8.38. The molecule has 6 heteroatoms. The lowest BCUT2D eigenvalue weighted by Crippen LogP contribution is -2.54. The molecule has 5 nitrogen and oxygen atoms in total. The highest BCUT2D eigenvalue weighted by Gasteiger charge is 2.34. The first-order chi connectivity index (χ1) is 8.92. The van der Waals surface area contributed by atoms with E-state index in [9.17, 15) is 8.42 Å². The fourth-order valence-electron chi connectivity index (χ4n) is 2.89. The molecule has 112 valence electrons. The Kier molecular flexibility index (Phi) is 4.87. The molecule has 0 amide bonds. The topological polar surface area (TPSA) is 67.4 Å². The molecule has 2 fully saturated rings. The number of ether oxygens (including phenoxy) is 1. The van der Waals surface area contributed by atoms with Gasteiger partial charge >= 0.3 is 0 Å². The van der Waals surface area contributed by atoms with Crippen LogP contribution in [0.25, 0.3) is 0 Å². The number of piperidine rings is 1. The summed E-state index contributed by atoms with van der Waals surface area (Å²) in [4.78, 5) is 0. The fraction of sp³-hybridized carbons (Fsp3) is 1.00. The summed E-state index contributed by atoms with van der Waals surface area (Å²) in [6.07, 6.45) is 3.83. The largest absolute Gasteiger partial charge is 0.380 e. The summed E-state index contributed by atoms with van der Waals surface area (Å²) in [6.45, 7) is 6.86. The Morgan fingerprint density at radius 3 is 2.79 bits per heavy atom. The number of hydrogen-bond donors (Lipinski definition) is 2. The van der Waals surface area contributed by atoms with Crippen LogP contribution < -0.4 is 10.0 Å². The summed E-state index contributed by atoms with van der Waals surface area (Å²) in [7, 11) is -3.25. The molecule has 2 saturated heterocycles. The number of sulfonamides is 1. The Labute approximate surface area is 116 Å². The van der Waals surface area contributed by atoms with E-state index < -0.39 is 10.0 Å². The molecule has 2 aliphatic rings. The molecule has 0 aromatic carbocycles. The molecule has 0 spiro atoms. The van der Waals surface area contributed by atoms with Gasteiger partial charge in [0, 0.05) is 19.2 Å². The summed E-state index contributed by atoms with van der Waals surface area (Å²) >= 11 is 0. The molecule has 0 aromatic rings. The average molecular weight is 290 g/mol. The first-order valence-corrected chi connectivity index (χ1v) is 8.76. The molecular formula is C13H26N2O3S. The first-order valence-electron chi connectivity index (χ1n) is 7.21. The van der Waals surface area contributed by atoms with Crippen molar-refractivity contribution in [3.05, 3.63) is 0 Å². The highest BCUT2D eigenvalue weighted by molar-refractivity contribution is 7.90. The standard InChI is InChI=1S/C13H26N2O3S/c1-13(2)6-4-7-14-12(13)9-15-19(16,17)11-5-3-8-18-10-11/h11-12,14-15H,3-10H2,1-2H3. The lowest BCUT2D eigenvalue weighted by atomic mass is 9.78. The van der Waals surface area contributed by atoms with E-state index >= 15 is 0 Å². The van der Waals surface area contributed by atoms with Crippen LogP contribution in [0.1, 0.15) is 39.5 Å². The zero-order valence-electron chi connectivity index (χ0n) is 11.9. The predicted molar refractivity (Wildman–Crippen MR) is 75.6 cm³/mol. The Bertz CT molecular complexity index is 389. The second kappa shape index (κ2) is 6.08. The van der Waals surface area contributed by atoms with Crippen LogP contribution in [-0.4, -0.2) is 46.0 Å². The maximum atomic E-state index is 12.2. The molecule has 2 unspecified atom stereocenters. The number of rotatable bonds is 4. The van der Waals surface area contributed by atoms with E-state index in [1.165, 1.54) is 0 Å². The van der Waals surface area contributed by atoms with E-state index in [4.69, 9.17) is 4.74 Å². The summed E-state index contributed by atoms with van der Waals surface area (Å²) in [5.41, 5.74) is 0.143. The third kappa shape index (κ3) is 3.90. The highest BCUT2D eigenvalue weighted by Crippen LogP contribution is 2.29. The van der Waals surface area contributed by atoms with E-state index in [1.54, 1.807) is 0 Å². The minimum absolute atomic E-state index is 0.143. The molecule has 0 aliphatic carbocycles. The van der Waals surface area contributed by atoms with Crippen LogP contribution in [0.15, 0.2) is 0 Å². The van der Waals surface area contributed by atoms with Crippen LogP contribution in [0.5, 0.6) is 0 Å². The molecule has 0 radical (unpaired) electrons. The SMILES string of the molecule is CC1(C)CCCNC1CNS(=O)(=O)C1CCCOC1. The summed E-state index contributed by atoms with van der Waals surface area (Å²) in [6, 6.07) is 0.209. The van der Waals surface area contributed by atoms with Crippen LogP contribution in [0, 0.1) is 5.41 Å². The van der Waals surface area contributed by atoms with Crippen LogP contribution in [0.2, 0.25) is 0 Å². The van der Waals surface area contributed by atoms with Crippen molar-refractivity contribution in [2.75, 3.05) is 26.3 Å². The molecule has 2 rings (SSSR count). The number of nitrogens with one attached hydrogen (secondary N) is 2. The molecule has 2 N–H and O–H groups in total. The van der Waals surface area contributed by atoms with Gasteiger partial charge in [-0.25, -0.2) is 13.1 Å². The third-order valence-corrected chi connectivity index (χ3v) is 6.20.